The van der Waals surface area contributed by atoms with Crippen molar-refractivity contribution in [3.8, 4) is 0 Å². The topological polar surface area (TPSA) is 111 Å². The number of carbonyl (C=O) groups is 1. The molecule has 4 N–H and O–H groups in total. The van der Waals surface area contributed by atoms with E-state index in [2.05, 4.69) is 4.98 Å². The maximum Gasteiger partial charge on any atom is 0.360 e. The largest absolute Gasteiger partial charge is 0.461 e. The first-order valence-corrected chi connectivity index (χ1v) is 5.31. The van der Waals surface area contributed by atoms with Crippen LogP contribution in [-0.4, -0.2) is 45.1 Å². The Bertz CT molecular complexity index is 389. The molecule has 7 heteroatoms. The van der Waals surface area contributed by atoms with Gasteiger partial charge in [0.15, 0.2) is 5.69 Å². The molecule has 7 nitrogen and oxygen atoms in total. The third-order valence-electron chi connectivity index (χ3n) is 2.40. The van der Waals surface area contributed by atoms with E-state index in [-0.39, 0.29) is 24.7 Å². The summed E-state index contributed by atoms with van der Waals surface area (Å²) in [6.07, 6.45) is 0.487. The van der Waals surface area contributed by atoms with Crippen LogP contribution in [0.2, 0.25) is 0 Å². The zero-order valence-corrected chi connectivity index (χ0v) is 9.83. The molecular weight excluding hydrogens is 226 g/mol. The predicted octanol–water partition coefficient (Wildman–Crippen LogP) is -0.444. The normalized spacial score (nSPS) is 14.4. The molecule has 0 saturated carbocycles. The van der Waals surface area contributed by atoms with Crippen molar-refractivity contribution in [2.45, 2.75) is 26.0 Å². The van der Waals surface area contributed by atoms with Gasteiger partial charge in [0.25, 0.3) is 0 Å². The van der Waals surface area contributed by atoms with Gasteiger partial charge in [-0.3, -0.25) is 0 Å². The van der Waals surface area contributed by atoms with Crippen LogP contribution in [-0.2, 0) is 4.74 Å². The molecule has 0 fully saturated rings. The van der Waals surface area contributed by atoms with Gasteiger partial charge in [-0.2, -0.15) is 0 Å². The van der Waals surface area contributed by atoms with Crippen molar-refractivity contribution in [2.24, 2.45) is 0 Å². The lowest BCUT2D eigenvalue weighted by Gasteiger charge is -2.19. The highest BCUT2D eigenvalue weighted by Gasteiger charge is 2.23. The Hall–Kier alpha value is -1.60. The molecule has 0 radical (unpaired) electrons. The SMILES string of the molecule is CCOC(=O)c1ncn([C@H](CO)[C@H](C)O)c1N. The average Bonchev–Trinajstić information content (AvgIpc) is 2.62. The zero-order valence-electron chi connectivity index (χ0n) is 9.83. The van der Waals surface area contributed by atoms with Crippen LogP contribution < -0.4 is 5.73 Å². The summed E-state index contributed by atoms with van der Waals surface area (Å²) in [6.45, 7) is 3.12. The molecule has 17 heavy (non-hydrogen) atoms. The van der Waals surface area contributed by atoms with Crippen molar-refractivity contribution >= 4 is 11.8 Å². The van der Waals surface area contributed by atoms with Crippen molar-refractivity contribution in [2.75, 3.05) is 18.9 Å². The van der Waals surface area contributed by atoms with E-state index in [4.69, 9.17) is 15.6 Å². The Balaban J connectivity index is 3.01. The van der Waals surface area contributed by atoms with Gasteiger partial charge in [0, 0.05) is 0 Å². The second kappa shape index (κ2) is 5.65. The van der Waals surface area contributed by atoms with Crippen LogP contribution in [0.5, 0.6) is 0 Å². The first kappa shape index (κ1) is 13.5. The number of imidazole rings is 1. The molecule has 1 aromatic rings. The summed E-state index contributed by atoms with van der Waals surface area (Å²) in [5, 5.41) is 18.6. The number of nitrogens with two attached hydrogens (primary N) is 1. The Labute approximate surface area is 98.8 Å². The van der Waals surface area contributed by atoms with Gasteiger partial charge in [-0.25, -0.2) is 9.78 Å². The highest BCUT2D eigenvalue weighted by molar-refractivity contribution is 5.92. The number of rotatable bonds is 5. The van der Waals surface area contributed by atoms with E-state index in [1.54, 1.807) is 6.92 Å². The van der Waals surface area contributed by atoms with Crippen LogP contribution >= 0.6 is 0 Å². The lowest BCUT2D eigenvalue weighted by Crippen LogP contribution is -2.25. The van der Waals surface area contributed by atoms with E-state index < -0.39 is 18.1 Å². The van der Waals surface area contributed by atoms with E-state index in [0.717, 1.165) is 0 Å². The van der Waals surface area contributed by atoms with E-state index in [1.807, 2.05) is 0 Å². The molecule has 0 aliphatic heterocycles. The molecule has 0 bridgehead atoms. The van der Waals surface area contributed by atoms with Gasteiger partial charge >= 0.3 is 5.97 Å². The molecule has 0 unspecified atom stereocenters. The van der Waals surface area contributed by atoms with E-state index >= 15 is 0 Å². The summed E-state index contributed by atoms with van der Waals surface area (Å²) in [4.78, 5) is 15.3. The summed E-state index contributed by atoms with van der Waals surface area (Å²) in [5.41, 5.74) is 5.72. The van der Waals surface area contributed by atoms with Crippen LogP contribution in [0.25, 0.3) is 0 Å². The molecule has 0 saturated heterocycles. The van der Waals surface area contributed by atoms with Crippen LogP contribution in [0.4, 0.5) is 5.82 Å². The number of esters is 1. The van der Waals surface area contributed by atoms with Crippen molar-refractivity contribution in [1.29, 1.82) is 0 Å². The number of ether oxygens (including phenoxy) is 1. The summed E-state index contributed by atoms with van der Waals surface area (Å²) >= 11 is 0. The standard InChI is InChI=1S/C10H17N3O4/c1-3-17-10(16)8-9(11)13(5-12-8)7(4-14)6(2)15/h5-7,14-15H,3-4,11H2,1-2H3/t6-,7+/m0/s1. The molecule has 2 atom stereocenters. The number of carbonyl (C=O) groups excluding carboxylic acids is 1. The van der Waals surface area contributed by atoms with Gasteiger partial charge in [0.1, 0.15) is 5.82 Å². The molecule has 96 valence electrons. The van der Waals surface area contributed by atoms with Gasteiger partial charge in [0.2, 0.25) is 0 Å². The fourth-order valence-electron chi connectivity index (χ4n) is 1.46. The van der Waals surface area contributed by atoms with Gasteiger partial charge in [-0.05, 0) is 13.8 Å². The van der Waals surface area contributed by atoms with Crippen molar-refractivity contribution in [1.82, 2.24) is 9.55 Å². The Kier molecular flexibility index (Phi) is 4.47. The molecule has 0 aliphatic carbocycles. The third kappa shape index (κ3) is 2.75. The Morgan fingerprint density at radius 2 is 2.35 bits per heavy atom. The number of aromatic nitrogens is 2. The van der Waals surface area contributed by atoms with Crippen molar-refractivity contribution in [3.63, 3.8) is 0 Å². The van der Waals surface area contributed by atoms with Crippen LogP contribution in [0.15, 0.2) is 6.33 Å². The summed E-state index contributed by atoms with van der Waals surface area (Å²) in [6, 6.07) is -0.634. The lowest BCUT2D eigenvalue weighted by molar-refractivity contribution is 0.0520. The van der Waals surface area contributed by atoms with Crippen LogP contribution in [0, 0.1) is 0 Å². The summed E-state index contributed by atoms with van der Waals surface area (Å²) < 4.78 is 6.13. The minimum Gasteiger partial charge on any atom is -0.461 e. The van der Waals surface area contributed by atoms with Gasteiger partial charge in [-0.1, -0.05) is 0 Å². The van der Waals surface area contributed by atoms with Crippen molar-refractivity contribution in [3.05, 3.63) is 12.0 Å². The highest BCUT2D eigenvalue weighted by Crippen LogP contribution is 2.19. The minimum absolute atomic E-state index is 0.00838. The number of nitrogens with zero attached hydrogens (tertiary/aromatic N) is 2. The fraction of sp³-hybridized carbons (Fsp3) is 0.600. The molecule has 0 amide bonds. The minimum atomic E-state index is -0.813. The smallest absolute Gasteiger partial charge is 0.360 e. The Morgan fingerprint density at radius 3 is 2.82 bits per heavy atom. The molecule has 1 heterocycles. The number of hydrogen-bond donors (Lipinski definition) is 3. The van der Waals surface area contributed by atoms with E-state index in [9.17, 15) is 9.90 Å². The quantitative estimate of drug-likeness (QED) is 0.604. The summed E-state index contributed by atoms with van der Waals surface area (Å²) in [7, 11) is 0. The second-order valence-corrected chi connectivity index (χ2v) is 3.60. The average molecular weight is 243 g/mol. The lowest BCUT2D eigenvalue weighted by atomic mass is 10.2. The first-order chi connectivity index (χ1) is 8.02. The molecule has 0 aromatic carbocycles. The van der Waals surface area contributed by atoms with Gasteiger partial charge < -0.3 is 25.3 Å². The number of anilines is 1. The molecule has 1 rings (SSSR count). The van der Waals surface area contributed by atoms with Crippen LogP contribution in [0.3, 0.4) is 0 Å². The number of nitrogen functional groups attached to an aromatic ring is 1. The highest BCUT2D eigenvalue weighted by atomic mass is 16.5. The second-order valence-electron chi connectivity index (χ2n) is 3.60. The molecule has 1 aromatic heterocycles. The summed E-state index contributed by atoms with van der Waals surface area (Å²) in [5.74, 6) is -0.547. The number of aliphatic hydroxyl groups excluding tert-OH is 2. The maximum absolute atomic E-state index is 11.5. The van der Waals surface area contributed by atoms with Gasteiger partial charge in [0.05, 0.1) is 31.7 Å². The monoisotopic (exact) mass is 243 g/mol. The maximum atomic E-state index is 11.5. The number of hydrogen-bond acceptors (Lipinski definition) is 6. The third-order valence-corrected chi connectivity index (χ3v) is 2.40. The predicted molar refractivity (Wildman–Crippen MR) is 60.4 cm³/mol. The molecule has 0 spiro atoms. The molecular formula is C10H17N3O4. The van der Waals surface area contributed by atoms with Crippen molar-refractivity contribution < 1.29 is 19.7 Å². The van der Waals surface area contributed by atoms with E-state index in [0.29, 0.717) is 0 Å². The Morgan fingerprint density at radius 1 is 1.71 bits per heavy atom. The van der Waals surface area contributed by atoms with E-state index in [1.165, 1.54) is 17.8 Å². The zero-order chi connectivity index (χ0) is 13.0. The fourth-order valence-corrected chi connectivity index (χ4v) is 1.46. The first-order valence-electron chi connectivity index (χ1n) is 5.31. The van der Waals surface area contributed by atoms with Crippen LogP contribution in [0.1, 0.15) is 30.4 Å². The molecule has 0 aliphatic rings. The number of aliphatic hydroxyl groups is 2. The van der Waals surface area contributed by atoms with Gasteiger partial charge in [-0.15, -0.1) is 0 Å².